The van der Waals surface area contributed by atoms with Crippen molar-refractivity contribution in [1.82, 2.24) is 0 Å². The lowest BCUT2D eigenvalue weighted by molar-refractivity contribution is -0.125. The molecule has 25 heavy (non-hydrogen) atoms. The van der Waals surface area contributed by atoms with E-state index >= 15 is 0 Å². The lowest BCUT2D eigenvalue weighted by atomic mass is 10.1. The molecular formula is C19H21N3O3. The lowest BCUT2D eigenvalue weighted by Gasteiger charge is -2.33. The molecule has 3 N–H and O–H groups in total. The smallest absolute Gasteiger partial charge is 0.265 e. The van der Waals surface area contributed by atoms with Crippen LogP contribution in [-0.4, -0.2) is 24.5 Å². The largest absolute Gasteiger partial charge is 0.482 e. The standard InChI is InChI=1S/C19H21N3O3/c1-12(20)14-8-9-17-16(10-14)22(18(23)11-25-17)13(2)19(24)21-15-6-4-3-5-7-15/h3-10,12-13H,11,20H2,1-2H3,(H,21,24). The van der Waals surface area contributed by atoms with Crippen molar-refractivity contribution in [2.75, 3.05) is 16.8 Å². The molecule has 0 saturated heterocycles. The van der Waals surface area contributed by atoms with Gasteiger partial charge in [0.15, 0.2) is 6.61 Å². The minimum Gasteiger partial charge on any atom is -0.482 e. The Morgan fingerprint density at radius 1 is 1.20 bits per heavy atom. The Bertz CT molecular complexity index is 790. The minimum absolute atomic E-state index is 0.0898. The number of hydrogen-bond acceptors (Lipinski definition) is 4. The van der Waals surface area contributed by atoms with Crippen molar-refractivity contribution in [2.45, 2.75) is 25.9 Å². The molecule has 2 amide bonds. The van der Waals surface area contributed by atoms with Gasteiger partial charge in [-0.05, 0) is 43.7 Å². The second-order valence-corrected chi connectivity index (χ2v) is 6.10. The molecule has 6 heteroatoms. The first kappa shape index (κ1) is 17.0. The Morgan fingerprint density at radius 2 is 1.92 bits per heavy atom. The Hall–Kier alpha value is -2.86. The number of anilines is 2. The number of para-hydroxylation sites is 1. The first-order valence-corrected chi connectivity index (χ1v) is 8.17. The number of amides is 2. The molecule has 0 bridgehead atoms. The number of nitrogens with two attached hydrogens (primary N) is 1. The van der Waals surface area contributed by atoms with E-state index in [1.165, 1.54) is 4.90 Å². The topological polar surface area (TPSA) is 84.7 Å². The molecular weight excluding hydrogens is 318 g/mol. The van der Waals surface area contributed by atoms with Crippen LogP contribution < -0.4 is 20.7 Å². The predicted molar refractivity (Wildman–Crippen MR) is 96.6 cm³/mol. The molecule has 2 unspecified atom stereocenters. The fourth-order valence-corrected chi connectivity index (χ4v) is 2.78. The quantitative estimate of drug-likeness (QED) is 0.896. The van der Waals surface area contributed by atoms with E-state index in [0.29, 0.717) is 17.1 Å². The maximum Gasteiger partial charge on any atom is 0.265 e. The van der Waals surface area contributed by atoms with Crippen LogP contribution >= 0.6 is 0 Å². The molecule has 6 nitrogen and oxygen atoms in total. The monoisotopic (exact) mass is 339 g/mol. The van der Waals surface area contributed by atoms with Gasteiger partial charge in [0, 0.05) is 11.7 Å². The fourth-order valence-electron chi connectivity index (χ4n) is 2.78. The summed E-state index contributed by atoms with van der Waals surface area (Å²) >= 11 is 0. The third-order valence-corrected chi connectivity index (χ3v) is 4.20. The third kappa shape index (κ3) is 3.49. The van der Waals surface area contributed by atoms with Gasteiger partial charge >= 0.3 is 0 Å². The van der Waals surface area contributed by atoms with E-state index in [2.05, 4.69) is 5.32 Å². The van der Waals surface area contributed by atoms with Gasteiger partial charge < -0.3 is 15.8 Å². The molecule has 2 atom stereocenters. The fraction of sp³-hybridized carbons (Fsp3) is 0.263. The second-order valence-electron chi connectivity index (χ2n) is 6.10. The zero-order valence-electron chi connectivity index (χ0n) is 14.2. The minimum atomic E-state index is -0.682. The van der Waals surface area contributed by atoms with E-state index in [1.807, 2.05) is 37.3 Å². The average Bonchev–Trinajstić information content (AvgIpc) is 2.61. The zero-order chi connectivity index (χ0) is 18.0. The molecule has 1 aliphatic rings. The normalized spacial score (nSPS) is 15.8. The summed E-state index contributed by atoms with van der Waals surface area (Å²) in [6.45, 7) is 3.47. The number of carbonyl (C=O) groups excluding carboxylic acids is 2. The van der Waals surface area contributed by atoms with Gasteiger partial charge in [0.2, 0.25) is 5.91 Å². The highest BCUT2D eigenvalue weighted by Gasteiger charge is 2.33. The van der Waals surface area contributed by atoms with Gasteiger partial charge in [-0.1, -0.05) is 24.3 Å². The van der Waals surface area contributed by atoms with E-state index in [4.69, 9.17) is 10.5 Å². The van der Waals surface area contributed by atoms with Gasteiger partial charge in [-0.25, -0.2) is 0 Å². The van der Waals surface area contributed by atoms with Gasteiger partial charge in [-0.2, -0.15) is 0 Å². The summed E-state index contributed by atoms with van der Waals surface area (Å²) in [4.78, 5) is 26.5. The van der Waals surface area contributed by atoms with E-state index in [1.54, 1.807) is 25.1 Å². The summed E-state index contributed by atoms with van der Waals surface area (Å²) < 4.78 is 5.49. The molecule has 0 aliphatic carbocycles. The van der Waals surface area contributed by atoms with Crippen LogP contribution in [0, 0.1) is 0 Å². The number of carbonyl (C=O) groups is 2. The zero-order valence-corrected chi connectivity index (χ0v) is 14.2. The molecule has 130 valence electrons. The van der Waals surface area contributed by atoms with Crippen LogP contribution in [0.3, 0.4) is 0 Å². The molecule has 2 aromatic rings. The predicted octanol–water partition coefficient (Wildman–Crippen LogP) is 2.46. The lowest BCUT2D eigenvalue weighted by Crippen LogP contribution is -2.49. The van der Waals surface area contributed by atoms with E-state index in [0.717, 1.165) is 5.56 Å². The summed E-state index contributed by atoms with van der Waals surface area (Å²) in [5.41, 5.74) is 8.07. The SMILES string of the molecule is CC(N)c1ccc2c(c1)N(C(C)C(=O)Nc1ccccc1)C(=O)CO2. The highest BCUT2D eigenvalue weighted by molar-refractivity contribution is 6.06. The van der Waals surface area contributed by atoms with Crippen molar-refractivity contribution in [2.24, 2.45) is 5.73 Å². The Labute approximate surface area is 146 Å². The summed E-state index contributed by atoms with van der Waals surface area (Å²) in [7, 11) is 0. The van der Waals surface area contributed by atoms with Gasteiger partial charge in [0.1, 0.15) is 11.8 Å². The van der Waals surface area contributed by atoms with Crippen LogP contribution in [0.15, 0.2) is 48.5 Å². The highest BCUT2D eigenvalue weighted by atomic mass is 16.5. The highest BCUT2D eigenvalue weighted by Crippen LogP contribution is 2.35. The van der Waals surface area contributed by atoms with Crippen molar-refractivity contribution in [3.05, 3.63) is 54.1 Å². The van der Waals surface area contributed by atoms with E-state index < -0.39 is 6.04 Å². The van der Waals surface area contributed by atoms with Crippen molar-refractivity contribution in [3.63, 3.8) is 0 Å². The summed E-state index contributed by atoms with van der Waals surface area (Å²) in [6.07, 6.45) is 0. The number of nitrogens with one attached hydrogen (secondary N) is 1. The Kier molecular flexibility index (Phi) is 4.72. The van der Waals surface area contributed by atoms with Crippen LogP contribution in [-0.2, 0) is 9.59 Å². The first-order valence-electron chi connectivity index (χ1n) is 8.17. The van der Waals surface area contributed by atoms with Crippen molar-refractivity contribution >= 4 is 23.2 Å². The molecule has 3 rings (SSSR count). The molecule has 0 fully saturated rings. The number of fused-ring (bicyclic) bond motifs is 1. The number of nitrogens with zero attached hydrogens (tertiary/aromatic N) is 1. The van der Waals surface area contributed by atoms with Crippen molar-refractivity contribution in [1.29, 1.82) is 0 Å². The maximum absolute atomic E-state index is 12.6. The molecule has 1 aliphatic heterocycles. The number of benzene rings is 2. The summed E-state index contributed by atoms with van der Waals surface area (Å²) in [6, 6.07) is 13.7. The number of hydrogen-bond donors (Lipinski definition) is 2. The van der Waals surface area contributed by atoms with Crippen LogP contribution in [0.2, 0.25) is 0 Å². The Balaban J connectivity index is 1.89. The molecule has 0 radical (unpaired) electrons. The molecule has 1 heterocycles. The van der Waals surface area contributed by atoms with Gasteiger partial charge in [0.05, 0.1) is 5.69 Å². The molecule has 0 saturated carbocycles. The van der Waals surface area contributed by atoms with Crippen LogP contribution in [0.4, 0.5) is 11.4 Å². The second kappa shape index (κ2) is 6.94. The Morgan fingerprint density at radius 3 is 2.60 bits per heavy atom. The van der Waals surface area contributed by atoms with Crippen molar-refractivity contribution in [3.8, 4) is 5.75 Å². The van der Waals surface area contributed by atoms with Crippen LogP contribution in [0.5, 0.6) is 5.75 Å². The molecule has 0 spiro atoms. The van der Waals surface area contributed by atoms with Gasteiger partial charge in [-0.15, -0.1) is 0 Å². The molecule has 2 aromatic carbocycles. The maximum atomic E-state index is 12.6. The first-order chi connectivity index (χ1) is 12.0. The summed E-state index contributed by atoms with van der Waals surface area (Å²) in [5, 5.41) is 2.83. The van der Waals surface area contributed by atoms with E-state index in [-0.39, 0.29) is 24.5 Å². The average molecular weight is 339 g/mol. The summed E-state index contributed by atoms with van der Waals surface area (Å²) in [5.74, 6) is 0.0481. The van der Waals surface area contributed by atoms with Crippen molar-refractivity contribution < 1.29 is 14.3 Å². The number of rotatable bonds is 4. The molecule has 0 aromatic heterocycles. The van der Waals surface area contributed by atoms with Gasteiger partial charge in [-0.3, -0.25) is 14.5 Å². The van der Waals surface area contributed by atoms with Crippen LogP contribution in [0.25, 0.3) is 0 Å². The van der Waals surface area contributed by atoms with Crippen LogP contribution in [0.1, 0.15) is 25.5 Å². The van der Waals surface area contributed by atoms with Gasteiger partial charge in [0.25, 0.3) is 5.91 Å². The number of ether oxygens (including phenoxy) is 1. The van der Waals surface area contributed by atoms with E-state index in [9.17, 15) is 9.59 Å². The third-order valence-electron chi connectivity index (χ3n) is 4.20.